The van der Waals surface area contributed by atoms with E-state index in [4.69, 9.17) is 11.6 Å². The maximum absolute atomic E-state index is 11.4. The molecule has 1 unspecified atom stereocenters. The van der Waals surface area contributed by atoms with Crippen molar-refractivity contribution in [3.8, 4) is 0 Å². The highest BCUT2D eigenvalue weighted by Gasteiger charge is 2.31. The van der Waals surface area contributed by atoms with Crippen molar-refractivity contribution in [2.24, 2.45) is 0 Å². The highest BCUT2D eigenvalue weighted by atomic mass is 35.5. The molecule has 6 heteroatoms. The number of carboxylic acids is 1. The fourth-order valence-corrected chi connectivity index (χ4v) is 2.28. The molecule has 1 atom stereocenters. The molecule has 1 aromatic rings. The van der Waals surface area contributed by atoms with E-state index in [1.807, 2.05) is 25.5 Å². The van der Waals surface area contributed by atoms with Gasteiger partial charge >= 0.3 is 5.97 Å². The van der Waals surface area contributed by atoms with Crippen molar-refractivity contribution in [2.45, 2.75) is 59.0 Å². The molecule has 0 aliphatic rings. The van der Waals surface area contributed by atoms with Gasteiger partial charge in [0.2, 0.25) is 0 Å². The van der Waals surface area contributed by atoms with Crippen LogP contribution in [0.5, 0.6) is 0 Å². The molecule has 0 amide bonds. The van der Waals surface area contributed by atoms with Gasteiger partial charge in [-0.25, -0.2) is 0 Å². The summed E-state index contributed by atoms with van der Waals surface area (Å²) >= 11 is 6.10. The number of carbonyl (C=O) groups is 1. The van der Waals surface area contributed by atoms with Crippen LogP contribution in [0.3, 0.4) is 0 Å². The van der Waals surface area contributed by atoms with E-state index in [2.05, 4.69) is 10.4 Å². The Hall–Kier alpha value is -1.07. The first-order chi connectivity index (χ1) is 9.31. The topological polar surface area (TPSA) is 67.2 Å². The molecule has 0 spiro atoms. The van der Waals surface area contributed by atoms with Gasteiger partial charge < -0.3 is 10.4 Å². The lowest BCUT2D eigenvalue weighted by atomic mass is 9.95. The standard InChI is InChI=1S/C14H24ClN3O2/c1-5-8-16-14(4,13(19)20)7-6-9-18-11(3)12(15)10(2)17-18/h16H,5-9H2,1-4H3,(H,19,20). The molecule has 5 nitrogen and oxygen atoms in total. The number of nitrogens with zero attached hydrogens (tertiary/aromatic N) is 2. The van der Waals surface area contributed by atoms with Crippen molar-refractivity contribution in [1.82, 2.24) is 15.1 Å². The van der Waals surface area contributed by atoms with Gasteiger partial charge in [0.1, 0.15) is 5.54 Å². The number of carboxylic acid groups (broad SMARTS) is 1. The Kier molecular flexibility index (Phi) is 6.02. The highest BCUT2D eigenvalue weighted by molar-refractivity contribution is 6.31. The molecule has 0 aliphatic heterocycles. The molecule has 20 heavy (non-hydrogen) atoms. The zero-order chi connectivity index (χ0) is 15.3. The Balaban J connectivity index is 2.60. The Morgan fingerprint density at radius 3 is 2.60 bits per heavy atom. The minimum atomic E-state index is -0.879. The number of aromatic nitrogens is 2. The summed E-state index contributed by atoms with van der Waals surface area (Å²) in [4.78, 5) is 11.4. The number of rotatable bonds is 8. The first-order valence-electron chi connectivity index (χ1n) is 6.99. The zero-order valence-electron chi connectivity index (χ0n) is 12.7. The molecule has 0 saturated carbocycles. The van der Waals surface area contributed by atoms with E-state index < -0.39 is 11.5 Å². The second-order valence-electron chi connectivity index (χ2n) is 5.38. The number of halogens is 1. The van der Waals surface area contributed by atoms with Crippen molar-refractivity contribution in [3.05, 3.63) is 16.4 Å². The van der Waals surface area contributed by atoms with Crippen molar-refractivity contribution in [1.29, 1.82) is 0 Å². The monoisotopic (exact) mass is 301 g/mol. The Morgan fingerprint density at radius 1 is 1.50 bits per heavy atom. The smallest absolute Gasteiger partial charge is 0.323 e. The van der Waals surface area contributed by atoms with Gasteiger partial charge in [0, 0.05) is 6.54 Å². The maximum atomic E-state index is 11.4. The van der Waals surface area contributed by atoms with Crippen molar-refractivity contribution >= 4 is 17.6 Å². The SMILES string of the molecule is CCCNC(C)(CCCn1nc(C)c(Cl)c1C)C(=O)O. The fourth-order valence-electron chi connectivity index (χ4n) is 2.15. The molecule has 1 heterocycles. The van der Waals surface area contributed by atoms with Crippen LogP contribution in [0.2, 0.25) is 5.02 Å². The minimum Gasteiger partial charge on any atom is -0.480 e. The van der Waals surface area contributed by atoms with Crippen LogP contribution in [0.4, 0.5) is 0 Å². The van der Waals surface area contributed by atoms with Gasteiger partial charge in [-0.1, -0.05) is 18.5 Å². The van der Waals surface area contributed by atoms with Crippen LogP contribution in [-0.4, -0.2) is 32.9 Å². The first-order valence-corrected chi connectivity index (χ1v) is 7.37. The normalized spacial score (nSPS) is 14.2. The van der Waals surface area contributed by atoms with E-state index >= 15 is 0 Å². The van der Waals surface area contributed by atoms with Crippen LogP contribution in [0.15, 0.2) is 0 Å². The van der Waals surface area contributed by atoms with Gasteiger partial charge in [0.25, 0.3) is 0 Å². The van der Waals surface area contributed by atoms with Crippen molar-refractivity contribution in [3.63, 3.8) is 0 Å². The molecule has 0 bridgehead atoms. The van der Waals surface area contributed by atoms with E-state index in [0.717, 1.165) is 24.2 Å². The van der Waals surface area contributed by atoms with Gasteiger partial charge in [0.15, 0.2) is 0 Å². The number of hydrogen-bond acceptors (Lipinski definition) is 3. The summed E-state index contributed by atoms with van der Waals surface area (Å²) in [6, 6.07) is 0. The van der Waals surface area contributed by atoms with Gasteiger partial charge in [-0.3, -0.25) is 9.48 Å². The van der Waals surface area contributed by atoms with Gasteiger partial charge in [-0.2, -0.15) is 5.10 Å². The van der Waals surface area contributed by atoms with Gasteiger partial charge in [-0.05, 0) is 46.6 Å². The molecule has 2 N–H and O–H groups in total. The van der Waals surface area contributed by atoms with Crippen LogP contribution < -0.4 is 5.32 Å². The summed E-state index contributed by atoms with van der Waals surface area (Å²) in [7, 11) is 0. The third-order valence-electron chi connectivity index (χ3n) is 3.58. The number of aryl methyl sites for hydroxylation is 2. The predicted octanol–water partition coefficient (Wildman–Crippen LogP) is 2.78. The minimum absolute atomic E-state index is 0.554. The van der Waals surface area contributed by atoms with E-state index in [9.17, 15) is 9.90 Å². The predicted molar refractivity (Wildman–Crippen MR) is 80.3 cm³/mol. The highest BCUT2D eigenvalue weighted by Crippen LogP contribution is 2.20. The van der Waals surface area contributed by atoms with Crippen LogP contribution >= 0.6 is 11.6 Å². The number of nitrogens with one attached hydrogen (secondary N) is 1. The average Bonchev–Trinajstić information content (AvgIpc) is 2.64. The lowest BCUT2D eigenvalue weighted by molar-refractivity contribution is -0.144. The summed E-state index contributed by atoms with van der Waals surface area (Å²) in [6.45, 7) is 8.93. The largest absolute Gasteiger partial charge is 0.480 e. The lowest BCUT2D eigenvalue weighted by Crippen LogP contribution is -2.49. The van der Waals surface area contributed by atoms with Gasteiger partial charge in [-0.15, -0.1) is 0 Å². The fraction of sp³-hybridized carbons (Fsp3) is 0.714. The van der Waals surface area contributed by atoms with Crippen LogP contribution in [0, 0.1) is 13.8 Å². The Morgan fingerprint density at radius 2 is 2.15 bits per heavy atom. The zero-order valence-corrected chi connectivity index (χ0v) is 13.4. The molecule has 1 rings (SSSR count). The van der Waals surface area contributed by atoms with Gasteiger partial charge in [0.05, 0.1) is 16.4 Å². The number of aliphatic carboxylic acids is 1. The molecular weight excluding hydrogens is 278 g/mol. The molecular formula is C14H24ClN3O2. The third kappa shape index (κ3) is 3.96. The summed E-state index contributed by atoms with van der Waals surface area (Å²) < 4.78 is 1.85. The maximum Gasteiger partial charge on any atom is 0.323 e. The summed E-state index contributed by atoms with van der Waals surface area (Å²) in [5.74, 6) is -0.808. The van der Waals surface area contributed by atoms with E-state index in [1.165, 1.54) is 0 Å². The lowest BCUT2D eigenvalue weighted by Gasteiger charge is -2.26. The quantitative estimate of drug-likeness (QED) is 0.775. The van der Waals surface area contributed by atoms with E-state index in [0.29, 0.717) is 24.5 Å². The summed E-state index contributed by atoms with van der Waals surface area (Å²) in [6.07, 6.45) is 2.20. The number of hydrogen-bond donors (Lipinski definition) is 2. The van der Waals surface area contributed by atoms with Crippen molar-refractivity contribution in [2.75, 3.05) is 6.54 Å². The molecule has 1 aromatic heterocycles. The summed E-state index contributed by atoms with van der Waals surface area (Å²) in [5, 5.41) is 17.5. The molecule has 0 aliphatic carbocycles. The van der Waals surface area contributed by atoms with Crippen LogP contribution in [-0.2, 0) is 11.3 Å². The van der Waals surface area contributed by atoms with E-state index in [-0.39, 0.29) is 0 Å². The first kappa shape index (κ1) is 17.0. The van der Waals surface area contributed by atoms with Crippen molar-refractivity contribution < 1.29 is 9.90 Å². The van der Waals surface area contributed by atoms with E-state index in [1.54, 1.807) is 6.92 Å². The molecule has 0 saturated heterocycles. The summed E-state index contributed by atoms with van der Waals surface area (Å²) in [5.41, 5.74) is 0.868. The second-order valence-corrected chi connectivity index (χ2v) is 5.75. The van der Waals surface area contributed by atoms with Crippen LogP contribution in [0.25, 0.3) is 0 Å². The molecule has 0 radical (unpaired) electrons. The Labute approximate surface area is 125 Å². The second kappa shape index (κ2) is 7.09. The molecule has 114 valence electrons. The molecule has 0 fully saturated rings. The third-order valence-corrected chi connectivity index (χ3v) is 4.12. The van der Waals surface area contributed by atoms with Crippen LogP contribution in [0.1, 0.15) is 44.5 Å². The average molecular weight is 302 g/mol. The Bertz CT molecular complexity index is 473. The molecule has 0 aromatic carbocycles.